The second-order valence-electron chi connectivity index (χ2n) is 6.70. The summed E-state index contributed by atoms with van der Waals surface area (Å²) < 4.78 is 0. The van der Waals surface area contributed by atoms with Crippen LogP contribution in [0.2, 0.25) is 0 Å². The Hall–Kier alpha value is -0.570. The van der Waals surface area contributed by atoms with E-state index in [9.17, 15) is 4.79 Å². The van der Waals surface area contributed by atoms with Gasteiger partial charge in [0.25, 0.3) is 0 Å². The lowest BCUT2D eigenvalue weighted by molar-refractivity contribution is -0.127. The van der Waals surface area contributed by atoms with Crippen molar-refractivity contribution in [3.8, 4) is 0 Å². The molecule has 3 heteroatoms. The van der Waals surface area contributed by atoms with Crippen molar-refractivity contribution < 1.29 is 4.79 Å². The molecule has 0 aromatic carbocycles. The SMILES string of the molecule is CC1CCC(C(=O)NC2CCCCCCC2)CC1N. The maximum absolute atomic E-state index is 12.4. The van der Waals surface area contributed by atoms with Crippen molar-refractivity contribution in [3.63, 3.8) is 0 Å². The highest BCUT2D eigenvalue weighted by molar-refractivity contribution is 5.79. The summed E-state index contributed by atoms with van der Waals surface area (Å²) in [5.74, 6) is 1.01. The van der Waals surface area contributed by atoms with Gasteiger partial charge in [-0.3, -0.25) is 4.79 Å². The molecule has 3 atom stereocenters. The fourth-order valence-electron chi connectivity index (χ4n) is 3.51. The van der Waals surface area contributed by atoms with Gasteiger partial charge in [0, 0.05) is 18.0 Å². The van der Waals surface area contributed by atoms with Gasteiger partial charge in [-0.25, -0.2) is 0 Å². The predicted molar refractivity (Wildman–Crippen MR) is 78.7 cm³/mol. The molecule has 2 aliphatic carbocycles. The molecule has 3 nitrogen and oxygen atoms in total. The Morgan fingerprint density at radius 2 is 1.63 bits per heavy atom. The highest BCUT2D eigenvalue weighted by atomic mass is 16.1. The molecule has 0 spiro atoms. The largest absolute Gasteiger partial charge is 0.353 e. The maximum atomic E-state index is 12.4. The zero-order chi connectivity index (χ0) is 13.7. The Morgan fingerprint density at radius 1 is 1.00 bits per heavy atom. The third kappa shape index (κ3) is 4.48. The molecule has 0 aromatic heterocycles. The first-order valence-electron chi connectivity index (χ1n) is 8.22. The molecule has 110 valence electrons. The van der Waals surface area contributed by atoms with Gasteiger partial charge in [0.05, 0.1) is 0 Å². The third-order valence-electron chi connectivity index (χ3n) is 5.08. The van der Waals surface area contributed by atoms with E-state index >= 15 is 0 Å². The van der Waals surface area contributed by atoms with Crippen LogP contribution in [0.15, 0.2) is 0 Å². The lowest BCUT2D eigenvalue weighted by Gasteiger charge is -2.32. The fraction of sp³-hybridized carbons (Fsp3) is 0.938. The van der Waals surface area contributed by atoms with Crippen LogP contribution in [0.1, 0.15) is 71.1 Å². The Balaban J connectivity index is 1.79. The second kappa shape index (κ2) is 7.28. The Bertz CT molecular complexity index is 284. The van der Waals surface area contributed by atoms with Crippen LogP contribution < -0.4 is 11.1 Å². The zero-order valence-corrected chi connectivity index (χ0v) is 12.4. The molecular weight excluding hydrogens is 236 g/mol. The van der Waals surface area contributed by atoms with Gasteiger partial charge in [-0.15, -0.1) is 0 Å². The molecule has 0 bridgehead atoms. The minimum Gasteiger partial charge on any atom is -0.353 e. The van der Waals surface area contributed by atoms with E-state index in [1.807, 2.05) is 0 Å². The molecule has 19 heavy (non-hydrogen) atoms. The van der Waals surface area contributed by atoms with E-state index < -0.39 is 0 Å². The number of amides is 1. The number of nitrogens with two attached hydrogens (primary N) is 1. The van der Waals surface area contributed by atoms with Gasteiger partial charge in [-0.1, -0.05) is 39.0 Å². The molecule has 3 unspecified atom stereocenters. The summed E-state index contributed by atoms with van der Waals surface area (Å²) in [5, 5.41) is 3.30. The molecule has 3 N–H and O–H groups in total. The average molecular weight is 266 g/mol. The number of rotatable bonds is 2. The Kier molecular flexibility index (Phi) is 5.68. The van der Waals surface area contributed by atoms with Gasteiger partial charge in [-0.05, 0) is 38.0 Å². The molecule has 0 aliphatic heterocycles. The molecule has 2 rings (SSSR count). The van der Waals surface area contributed by atoms with Gasteiger partial charge in [0.1, 0.15) is 0 Å². The molecule has 2 saturated carbocycles. The van der Waals surface area contributed by atoms with Gasteiger partial charge in [-0.2, -0.15) is 0 Å². The summed E-state index contributed by atoms with van der Waals surface area (Å²) in [6.45, 7) is 2.20. The van der Waals surface area contributed by atoms with Crippen molar-refractivity contribution in [3.05, 3.63) is 0 Å². The molecule has 1 amide bonds. The highest BCUT2D eigenvalue weighted by Crippen LogP contribution is 2.28. The lowest BCUT2D eigenvalue weighted by atomic mass is 9.79. The summed E-state index contributed by atoms with van der Waals surface area (Å²) in [5.41, 5.74) is 6.11. The standard InChI is InChI=1S/C16H30N2O/c1-12-9-10-13(11-15(12)17)16(19)18-14-7-5-3-2-4-6-8-14/h12-15H,2-11,17H2,1H3,(H,18,19). The molecule has 2 aliphatic rings. The normalized spacial score (nSPS) is 34.3. The first-order chi connectivity index (χ1) is 9.16. The van der Waals surface area contributed by atoms with Crippen LogP contribution in [0.3, 0.4) is 0 Å². The van der Waals surface area contributed by atoms with E-state index in [2.05, 4.69) is 12.2 Å². The van der Waals surface area contributed by atoms with E-state index in [-0.39, 0.29) is 17.9 Å². The Morgan fingerprint density at radius 3 is 2.26 bits per heavy atom. The van der Waals surface area contributed by atoms with Gasteiger partial charge >= 0.3 is 0 Å². The van der Waals surface area contributed by atoms with E-state index in [1.165, 1.54) is 44.9 Å². The zero-order valence-electron chi connectivity index (χ0n) is 12.4. The van der Waals surface area contributed by atoms with Gasteiger partial charge < -0.3 is 11.1 Å². The Labute approximate surface area is 117 Å². The van der Waals surface area contributed by atoms with Crippen LogP contribution >= 0.6 is 0 Å². The van der Waals surface area contributed by atoms with E-state index in [0.29, 0.717) is 12.0 Å². The smallest absolute Gasteiger partial charge is 0.223 e. The van der Waals surface area contributed by atoms with Crippen molar-refractivity contribution in [2.75, 3.05) is 0 Å². The average Bonchev–Trinajstić information content (AvgIpc) is 2.35. The van der Waals surface area contributed by atoms with Crippen LogP contribution in [0.5, 0.6) is 0 Å². The third-order valence-corrected chi connectivity index (χ3v) is 5.08. The van der Waals surface area contributed by atoms with Crippen LogP contribution in [0.25, 0.3) is 0 Å². The number of carbonyl (C=O) groups excluding carboxylic acids is 1. The van der Waals surface area contributed by atoms with Crippen molar-refractivity contribution in [1.29, 1.82) is 0 Å². The summed E-state index contributed by atoms with van der Waals surface area (Å²) in [6, 6.07) is 0.630. The minimum atomic E-state index is 0.164. The summed E-state index contributed by atoms with van der Waals surface area (Å²) in [7, 11) is 0. The van der Waals surface area contributed by atoms with Crippen LogP contribution in [-0.2, 0) is 4.79 Å². The highest BCUT2D eigenvalue weighted by Gasteiger charge is 2.30. The van der Waals surface area contributed by atoms with Crippen molar-refractivity contribution in [2.24, 2.45) is 17.6 Å². The number of nitrogens with one attached hydrogen (secondary N) is 1. The van der Waals surface area contributed by atoms with Crippen LogP contribution in [0, 0.1) is 11.8 Å². The number of hydrogen-bond donors (Lipinski definition) is 2. The number of hydrogen-bond acceptors (Lipinski definition) is 2. The number of carbonyl (C=O) groups is 1. The van der Waals surface area contributed by atoms with Crippen molar-refractivity contribution in [2.45, 2.75) is 83.2 Å². The van der Waals surface area contributed by atoms with E-state index in [0.717, 1.165) is 19.3 Å². The fourth-order valence-corrected chi connectivity index (χ4v) is 3.51. The van der Waals surface area contributed by atoms with Crippen LogP contribution in [-0.4, -0.2) is 18.0 Å². The molecule has 2 fully saturated rings. The van der Waals surface area contributed by atoms with Crippen molar-refractivity contribution >= 4 is 5.91 Å². The molecule has 0 heterocycles. The van der Waals surface area contributed by atoms with Crippen LogP contribution in [0.4, 0.5) is 0 Å². The first kappa shape index (κ1) is 14.8. The monoisotopic (exact) mass is 266 g/mol. The topological polar surface area (TPSA) is 55.1 Å². The maximum Gasteiger partial charge on any atom is 0.223 e. The molecular formula is C16H30N2O. The first-order valence-corrected chi connectivity index (χ1v) is 8.22. The molecule has 0 radical (unpaired) electrons. The minimum absolute atomic E-state index is 0.164. The van der Waals surface area contributed by atoms with Gasteiger partial charge in [0.2, 0.25) is 5.91 Å². The van der Waals surface area contributed by atoms with Crippen molar-refractivity contribution in [1.82, 2.24) is 5.32 Å². The van der Waals surface area contributed by atoms with E-state index in [4.69, 9.17) is 5.73 Å². The second-order valence-corrected chi connectivity index (χ2v) is 6.70. The van der Waals surface area contributed by atoms with E-state index in [1.54, 1.807) is 0 Å². The summed E-state index contributed by atoms with van der Waals surface area (Å²) in [6.07, 6.45) is 11.9. The lowest BCUT2D eigenvalue weighted by Crippen LogP contribution is -2.44. The predicted octanol–water partition coefficient (Wildman–Crippen LogP) is 2.98. The van der Waals surface area contributed by atoms with Gasteiger partial charge in [0.15, 0.2) is 0 Å². The quantitative estimate of drug-likeness (QED) is 0.807. The molecule has 0 aromatic rings. The summed E-state index contributed by atoms with van der Waals surface area (Å²) >= 11 is 0. The summed E-state index contributed by atoms with van der Waals surface area (Å²) in [4.78, 5) is 12.4. The molecule has 0 saturated heterocycles.